The Labute approximate surface area is 104 Å². The number of halogens is 1. The molecule has 1 amide bonds. The molecule has 1 aromatic heterocycles. The number of carbonyl (C=O) groups excluding carboxylic acids is 1. The summed E-state index contributed by atoms with van der Waals surface area (Å²) in [5, 5.41) is 3.48. The number of hydrogen-bond acceptors (Lipinski definition) is 3. The van der Waals surface area contributed by atoms with Crippen molar-refractivity contribution < 1.29 is 9.18 Å². The van der Waals surface area contributed by atoms with Crippen LogP contribution in [0.1, 0.15) is 29.6 Å². The lowest BCUT2D eigenvalue weighted by Gasteiger charge is -2.12. The summed E-state index contributed by atoms with van der Waals surface area (Å²) in [6.45, 7) is 0. The van der Waals surface area contributed by atoms with Crippen molar-refractivity contribution in [2.24, 2.45) is 0 Å². The van der Waals surface area contributed by atoms with Gasteiger partial charge in [-0.05, 0) is 37.7 Å². The summed E-state index contributed by atoms with van der Waals surface area (Å²) in [4.78, 5) is 15.3. The molecule has 5 heteroatoms. The number of rotatable bonds is 3. The molecule has 0 aromatic carbocycles. The molecule has 0 spiro atoms. The van der Waals surface area contributed by atoms with Gasteiger partial charge in [0, 0.05) is 17.5 Å². The highest BCUT2D eigenvalue weighted by molar-refractivity contribution is 7.99. The number of carbonyl (C=O) groups is 1. The van der Waals surface area contributed by atoms with E-state index in [1.54, 1.807) is 6.07 Å². The van der Waals surface area contributed by atoms with Crippen molar-refractivity contribution in [1.29, 1.82) is 0 Å². The zero-order valence-corrected chi connectivity index (χ0v) is 10.5. The van der Waals surface area contributed by atoms with Gasteiger partial charge in [-0.2, -0.15) is 16.2 Å². The normalized spacial score (nSPS) is 23.6. The number of aromatic nitrogens is 1. The second-order valence-corrected chi connectivity index (χ2v) is 5.32. The summed E-state index contributed by atoms with van der Waals surface area (Å²) in [7, 11) is 0. The van der Waals surface area contributed by atoms with Crippen LogP contribution in [-0.2, 0) is 0 Å². The average molecular weight is 254 g/mol. The first-order chi connectivity index (χ1) is 8.20. The van der Waals surface area contributed by atoms with E-state index in [4.69, 9.17) is 0 Å². The Kier molecular flexibility index (Phi) is 3.99. The molecule has 2 unspecified atom stereocenters. The van der Waals surface area contributed by atoms with Crippen LogP contribution in [0.4, 0.5) is 4.39 Å². The maximum absolute atomic E-state index is 13.3. The summed E-state index contributed by atoms with van der Waals surface area (Å²) in [5.74, 6) is -1.06. The van der Waals surface area contributed by atoms with Gasteiger partial charge in [0.05, 0.1) is 5.56 Å². The summed E-state index contributed by atoms with van der Waals surface area (Å²) in [5.41, 5.74) is 0.0279. The molecule has 0 aliphatic heterocycles. The van der Waals surface area contributed by atoms with Gasteiger partial charge in [-0.25, -0.2) is 4.98 Å². The molecule has 0 bridgehead atoms. The van der Waals surface area contributed by atoms with Crippen LogP contribution in [0.3, 0.4) is 0 Å². The highest BCUT2D eigenvalue weighted by Gasteiger charge is 2.26. The minimum atomic E-state index is -0.704. The highest BCUT2D eigenvalue weighted by Crippen LogP contribution is 2.28. The molecule has 2 rings (SSSR count). The summed E-state index contributed by atoms with van der Waals surface area (Å²) >= 11 is 1.82. The summed E-state index contributed by atoms with van der Waals surface area (Å²) in [6.07, 6.45) is 6.47. The van der Waals surface area contributed by atoms with Crippen molar-refractivity contribution in [3.8, 4) is 0 Å². The SMILES string of the molecule is CSC1CCC(NC(=O)c2cccnc2F)C1. The fourth-order valence-electron chi connectivity index (χ4n) is 2.10. The van der Waals surface area contributed by atoms with Crippen LogP contribution in [0.2, 0.25) is 0 Å². The molecular formula is C12H15FN2OS. The Morgan fingerprint density at radius 3 is 3.06 bits per heavy atom. The van der Waals surface area contributed by atoms with Gasteiger partial charge in [-0.1, -0.05) is 0 Å². The van der Waals surface area contributed by atoms with Crippen molar-refractivity contribution in [3.05, 3.63) is 29.8 Å². The van der Waals surface area contributed by atoms with E-state index in [0.717, 1.165) is 19.3 Å². The van der Waals surface area contributed by atoms with E-state index in [0.29, 0.717) is 5.25 Å². The molecule has 17 heavy (non-hydrogen) atoms. The first kappa shape index (κ1) is 12.4. The predicted molar refractivity (Wildman–Crippen MR) is 66.6 cm³/mol. The molecule has 1 aliphatic carbocycles. The molecule has 2 atom stereocenters. The van der Waals surface area contributed by atoms with E-state index in [-0.39, 0.29) is 17.5 Å². The number of thioether (sulfide) groups is 1. The molecule has 3 nitrogen and oxygen atoms in total. The summed E-state index contributed by atoms with van der Waals surface area (Å²) in [6, 6.07) is 3.19. The van der Waals surface area contributed by atoms with Crippen molar-refractivity contribution in [3.63, 3.8) is 0 Å². The molecule has 1 aliphatic rings. The van der Waals surface area contributed by atoms with Crippen LogP contribution in [-0.4, -0.2) is 28.4 Å². The van der Waals surface area contributed by atoms with Gasteiger partial charge in [0.25, 0.3) is 5.91 Å². The third-order valence-electron chi connectivity index (χ3n) is 3.06. The molecule has 0 saturated heterocycles. The minimum absolute atomic E-state index is 0.0279. The van der Waals surface area contributed by atoms with Gasteiger partial charge in [0.2, 0.25) is 5.95 Å². The number of amides is 1. The van der Waals surface area contributed by atoms with Gasteiger partial charge >= 0.3 is 0 Å². The topological polar surface area (TPSA) is 42.0 Å². The molecule has 0 radical (unpaired) electrons. The van der Waals surface area contributed by atoms with E-state index in [9.17, 15) is 9.18 Å². The maximum Gasteiger partial charge on any atom is 0.256 e. The Morgan fingerprint density at radius 1 is 1.59 bits per heavy atom. The fourth-order valence-corrected chi connectivity index (χ4v) is 2.90. The third kappa shape index (κ3) is 2.97. The largest absolute Gasteiger partial charge is 0.349 e. The zero-order valence-electron chi connectivity index (χ0n) is 9.65. The molecule has 92 valence electrons. The molecule has 1 aromatic rings. The van der Waals surface area contributed by atoms with Crippen LogP contribution >= 0.6 is 11.8 Å². The van der Waals surface area contributed by atoms with E-state index in [1.165, 1.54) is 12.3 Å². The number of nitrogens with zero attached hydrogens (tertiary/aromatic N) is 1. The Morgan fingerprint density at radius 2 is 2.41 bits per heavy atom. The first-order valence-electron chi connectivity index (χ1n) is 5.65. The van der Waals surface area contributed by atoms with Crippen molar-refractivity contribution in [2.75, 3.05) is 6.26 Å². The minimum Gasteiger partial charge on any atom is -0.349 e. The Hall–Kier alpha value is -1.10. The quantitative estimate of drug-likeness (QED) is 0.841. The molecular weight excluding hydrogens is 239 g/mol. The Balaban J connectivity index is 1.96. The van der Waals surface area contributed by atoms with Crippen LogP contribution < -0.4 is 5.32 Å². The maximum atomic E-state index is 13.3. The van der Waals surface area contributed by atoms with Gasteiger partial charge < -0.3 is 5.32 Å². The van der Waals surface area contributed by atoms with E-state index in [1.807, 2.05) is 11.8 Å². The second-order valence-electron chi connectivity index (χ2n) is 4.18. The van der Waals surface area contributed by atoms with Crippen LogP contribution in [0.25, 0.3) is 0 Å². The highest BCUT2D eigenvalue weighted by atomic mass is 32.2. The Bertz CT molecular complexity index is 413. The molecule has 1 N–H and O–H groups in total. The number of nitrogens with one attached hydrogen (secondary N) is 1. The lowest BCUT2D eigenvalue weighted by molar-refractivity contribution is 0.0933. The molecule has 1 fully saturated rings. The average Bonchev–Trinajstić information content (AvgIpc) is 2.77. The third-order valence-corrected chi connectivity index (χ3v) is 4.15. The van der Waals surface area contributed by atoms with E-state index < -0.39 is 5.95 Å². The van der Waals surface area contributed by atoms with Crippen LogP contribution in [0, 0.1) is 5.95 Å². The lowest BCUT2D eigenvalue weighted by Crippen LogP contribution is -2.33. The van der Waals surface area contributed by atoms with Gasteiger partial charge in [-0.3, -0.25) is 4.79 Å². The number of hydrogen-bond donors (Lipinski definition) is 1. The second kappa shape index (κ2) is 5.49. The van der Waals surface area contributed by atoms with Crippen LogP contribution in [0.5, 0.6) is 0 Å². The van der Waals surface area contributed by atoms with E-state index in [2.05, 4.69) is 16.6 Å². The standard InChI is InChI=1S/C12H15FN2OS/c1-17-9-5-4-8(7-9)15-12(16)10-3-2-6-14-11(10)13/h2-3,6,8-9H,4-5,7H2,1H3,(H,15,16). The van der Waals surface area contributed by atoms with Crippen molar-refractivity contribution in [2.45, 2.75) is 30.6 Å². The summed E-state index contributed by atoms with van der Waals surface area (Å²) < 4.78 is 13.3. The number of pyridine rings is 1. The molecule has 1 saturated carbocycles. The van der Waals surface area contributed by atoms with Gasteiger partial charge in [0.15, 0.2) is 0 Å². The van der Waals surface area contributed by atoms with Gasteiger partial charge in [0.1, 0.15) is 0 Å². The first-order valence-corrected chi connectivity index (χ1v) is 6.93. The zero-order chi connectivity index (χ0) is 12.3. The monoisotopic (exact) mass is 254 g/mol. The smallest absolute Gasteiger partial charge is 0.256 e. The van der Waals surface area contributed by atoms with Crippen molar-refractivity contribution in [1.82, 2.24) is 10.3 Å². The van der Waals surface area contributed by atoms with E-state index >= 15 is 0 Å². The lowest BCUT2D eigenvalue weighted by atomic mass is 10.2. The molecule has 1 heterocycles. The predicted octanol–water partition coefficient (Wildman–Crippen LogP) is 2.23. The van der Waals surface area contributed by atoms with Gasteiger partial charge in [-0.15, -0.1) is 0 Å². The fraction of sp³-hybridized carbons (Fsp3) is 0.500. The van der Waals surface area contributed by atoms with Crippen LogP contribution in [0.15, 0.2) is 18.3 Å². The van der Waals surface area contributed by atoms with Crippen molar-refractivity contribution >= 4 is 17.7 Å².